The fraction of sp³-hybridized carbons (Fsp3) is 0.636. The van der Waals surface area contributed by atoms with E-state index in [2.05, 4.69) is 26.0 Å². The number of benzene rings is 2. The highest BCUT2D eigenvalue weighted by molar-refractivity contribution is 5.98. The normalized spacial score (nSPS) is 11.4. The Morgan fingerprint density at radius 1 is 0.551 bits per heavy atom. The average molecular weight is 677 g/mol. The van der Waals surface area contributed by atoms with Gasteiger partial charge < -0.3 is 14.9 Å². The zero-order chi connectivity index (χ0) is 35.4. The van der Waals surface area contributed by atoms with Crippen molar-refractivity contribution in [2.75, 3.05) is 0 Å². The molecule has 2 N–H and O–H groups in total. The molecular formula is C44H68O5. The molecule has 0 aliphatic heterocycles. The highest BCUT2D eigenvalue weighted by Gasteiger charge is 2.23. The third-order valence-corrected chi connectivity index (χ3v) is 9.62. The Labute approximate surface area is 299 Å². The van der Waals surface area contributed by atoms with Crippen LogP contribution >= 0.6 is 0 Å². The van der Waals surface area contributed by atoms with Crippen molar-refractivity contribution in [2.45, 2.75) is 181 Å². The Morgan fingerprint density at radius 2 is 0.959 bits per heavy atom. The largest absolute Gasteiger partial charge is 0.507 e. The Kier molecular flexibility index (Phi) is 23.8. The number of carbonyl (C=O) groups excluding carboxylic acids is 1. The topological polar surface area (TPSA) is 83.8 Å². The number of aryl methyl sites for hydroxylation is 2. The molecule has 0 unspecified atom stereocenters. The second kappa shape index (κ2) is 27.7. The fourth-order valence-electron chi connectivity index (χ4n) is 6.66. The van der Waals surface area contributed by atoms with Gasteiger partial charge in [-0.05, 0) is 74.6 Å². The molecule has 0 atom stereocenters. The van der Waals surface area contributed by atoms with E-state index in [1.54, 1.807) is 12.1 Å². The van der Waals surface area contributed by atoms with E-state index in [1.807, 2.05) is 12.1 Å². The van der Waals surface area contributed by atoms with Crippen LogP contribution in [0.25, 0.3) is 0 Å². The maximum Gasteiger partial charge on any atom is 0.347 e. The first-order valence-corrected chi connectivity index (χ1v) is 20.0. The fourth-order valence-corrected chi connectivity index (χ4v) is 6.66. The summed E-state index contributed by atoms with van der Waals surface area (Å²) >= 11 is 0. The van der Waals surface area contributed by atoms with Gasteiger partial charge in [0.1, 0.15) is 22.6 Å². The molecule has 5 heteroatoms. The van der Waals surface area contributed by atoms with Crippen LogP contribution in [0.15, 0.2) is 48.6 Å². The number of rotatable bonds is 30. The summed E-state index contributed by atoms with van der Waals surface area (Å²) in [6.45, 7) is 4.50. The van der Waals surface area contributed by atoms with Crippen LogP contribution in [0.4, 0.5) is 0 Å². The molecule has 2 aromatic rings. The van der Waals surface area contributed by atoms with Crippen molar-refractivity contribution in [2.24, 2.45) is 0 Å². The number of aromatic hydroxyl groups is 1. The summed E-state index contributed by atoms with van der Waals surface area (Å²) in [7, 11) is 0. The number of hydrogen-bond donors (Lipinski definition) is 2. The molecule has 0 aliphatic carbocycles. The Morgan fingerprint density at radius 3 is 1.45 bits per heavy atom. The monoisotopic (exact) mass is 677 g/mol. The molecule has 0 radical (unpaired) electrons. The number of carbonyl (C=O) groups is 2. The van der Waals surface area contributed by atoms with Gasteiger partial charge in [0.15, 0.2) is 0 Å². The molecule has 5 nitrogen and oxygen atoms in total. The average Bonchev–Trinajstić information content (AvgIpc) is 3.08. The van der Waals surface area contributed by atoms with Gasteiger partial charge in [-0.25, -0.2) is 9.59 Å². The molecule has 0 fully saturated rings. The van der Waals surface area contributed by atoms with Crippen LogP contribution < -0.4 is 4.74 Å². The quantitative estimate of drug-likeness (QED) is 0.0372. The van der Waals surface area contributed by atoms with Crippen molar-refractivity contribution in [3.63, 3.8) is 0 Å². The van der Waals surface area contributed by atoms with Gasteiger partial charge in [0.25, 0.3) is 0 Å². The molecule has 2 rings (SSSR count). The zero-order valence-corrected chi connectivity index (χ0v) is 31.1. The molecule has 0 amide bonds. The van der Waals surface area contributed by atoms with Gasteiger partial charge in [-0.3, -0.25) is 0 Å². The predicted molar refractivity (Wildman–Crippen MR) is 205 cm³/mol. The van der Waals surface area contributed by atoms with Crippen molar-refractivity contribution in [1.29, 1.82) is 0 Å². The lowest BCUT2D eigenvalue weighted by Gasteiger charge is -2.14. The SMILES string of the molecule is CCCCCCC=CCCCCCCCc1cccc(O)c1C(=O)Oc1cccc(CCCCCCCCCCCCCCC)c1C(=O)O. The third kappa shape index (κ3) is 18.5. The maximum absolute atomic E-state index is 13.4. The van der Waals surface area contributed by atoms with Crippen LogP contribution in [0.2, 0.25) is 0 Å². The van der Waals surface area contributed by atoms with Crippen LogP contribution in [-0.4, -0.2) is 22.2 Å². The minimum absolute atomic E-state index is 0.0360. The lowest BCUT2D eigenvalue weighted by Crippen LogP contribution is -2.15. The number of esters is 1. The molecule has 0 saturated carbocycles. The Bertz CT molecular complexity index is 1200. The van der Waals surface area contributed by atoms with E-state index in [-0.39, 0.29) is 22.6 Å². The second-order valence-corrected chi connectivity index (χ2v) is 13.9. The molecule has 0 aliphatic rings. The van der Waals surface area contributed by atoms with Gasteiger partial charge in [0.2, 0.25) is 0 Å². The predicted octanol–water partition coefficient (Wildman–Crippen LogP) is 13.4. The van der Waals surface area contributed by atoms with E-state index in [1.165, 1.54) is 121 Å². The molecule has 0 aromatic heterocycles. The number of phenols is 1. The van der Waals surface area contributed by atoms with Crippen molar-refractivity contribution in [3.8, 4) is 11.5 Å². The lowest BCUT2D eigenvalue weighted by molar-refractivity contribution is 0.0679. The van der Waals surface area contributed by atoms with E-state index in [0.29, 0.717) is 18.4 Å². The number of aromatic carboxylic acids is 1. The van der Waals surface area contributed by atoms with Crippen LogP contribution in [-0.2, 0) is 12.8 Å². The van der Waals surface area contributed by atoms with Crippen molar-refractivity contribution in [1.82, 2.24) is 0 Å². The maximum atomic E-state index is 13.4. The molecule has 0 saturated heterocycles. The molecule has 0 bridgehead atoms. The van der Waals surface area contributed by atoms with Crippen LogP contribution in [0.3, 0.4) is 0 Å². The number of carboxylic acids is 1. The number of ether oxygens (including phenoxy) is 1. The van der Waals surface area contributed by atoms with Gasteiger partial charge in [-0.15, -0.1) is 0 Å². The zero-order valence-electron chi connectivity index (χ0n) is 31.1. The van der Waals surface area contributed by atoms with Crippen LogP contribution in [0.5, 0.6) is 11.5 Å². The molecule has 49 heavy (non-hydrogen) atoms. The molecule has 0 spiro atoms. The van der Waals surface area contributed by atoms with E-state index in [9.17, 15) is 19.8 Å². The highest BCUT2D eigenvalue weighted by Crippen LogP contribution is 2.29. The molecular weight excluding hydrogens is 608 g/mol. The smallest absolute Gasteiger partial charge is 0.347 e. The Balaban J connectivity index is 1.78. The summed E-state index contributed by atoms with van der Waals surface area (Å²) in [4.78, 5) is 25.7. The highest BCUT2D eigenvalue weighted by atomic mass is 16.5. The van der Waals surface area contributed by atoms with Crippen molar-refractivity contribution >= 4 is 11.9 Å². The lowest BCUT2D eigenvalue weighted by atomic mass is 9.98. The summed E-state index contributed by atoms with van der Waals surface area (Å²) in [6.07, 6.45) is 35.3. The molecule has 0 heterocycles. The van der Waals surface area contributed by atoms with Gasteiger partial charge >= 0.3 is 11.9 Å². The number of hydrogen-bond acceptors (Lipinski definition) is 4. The van der Waals surface area contributed by atoms with Gasteiger partial charge in [0, 0.05) is 0 Å². The van der Waals surface area contributed by atoms with Crippen molar-refractivity contribution < 1.29 is 24.5 Å². The number of allylic oxidation sites excluding steroid dienone is 2. The number of phenolic OH excluding ortho intramolecular Hbond substituents is 1. The number of carboxylic acid groups (broad SMARTS) is 1. The third-order valence-electron chi connectivity index (χ3n) is 9.62. The first-order chi connectivity index (χ1) is 24.0. The van der Waals surface area contributed by atoms with E-state index < -0.39 is 11.9 Å². The molecule has 274 valence electrons. The van der Waals surface area contributed by atoms with Gasteiger partial charge in [0.05, 0.1) is 0 Å². The van der Waals surface area contributed by atoms with Gasteiger partial charge in [-0.1, -0.05) is 166 Å². The first-order valence-electron chi connectivity index (χ1n) is 20.0. The minimum Gasteiger partial charge on any atom is -0.507 e. The standard InChI is InChI=1S/C44H68O5/c1-3-5-7-9-11-13-15-17-19-21-23-25-27-31-37-33-29-35-39(45)41(37)44(48)49-40-36-30-34-38(42(40)43(46)47)32-28-26-24-22-20-18-16-14-12-10-8-6-4-2/h13,15,29-30,33-36,45H,3-12,14,16-28,31-32H2,1-2H3,(H,46,47). The molecule has 2 aromatic carbocycles. The summed E-state index contributed by atoms with van der Waals surface area (Å²) in [6, 6.07) is 10.2. The van der Waals surface area contributed by atoms with Crippen LogP contribution in [0.1, 0.15) is 200 Å². The van der Waals surface area contributed by atoms with E-state index >= 15 is 0 Å². The minimum atomic E-state index is -1.10. The second-order valence-electron chi connectivity index (χ2n) is 13.9. The van der Waals surface area contributed by atoms with E-state index in [0.717, 1.165) is 50.5 Å². The van der Waals surface area contributed by atoms with Crippen LogP contribution in [0, 0.1) is 0 Å². The first kappa shape index (κ1) is 42.1. The Hall–Kier alpha value is -3.08. The summed E-state index contributed by atoms with van der Waals surface area (Å²) < 4.78 is 5.71. The van der Waals surface area contributed by atoms with E-state index in [4.69, 9.17) is 4.74 Å². The van der Waals surface area contributed by atoms with Gasteiger partial charge in [-0.2, -0.15) is 0 Å². The van der Waals surface area contributed by atoms with Crippen molar-refractivity contribution in [3.05, 3.63) is 70.8 Å². The summed E-state index contributed by atoms with van der Waals surface area (Å²) in [5, 5.41) is 20.7. The number of unbranched alkanes of at least 4 members (excludes halogenated alkanes) is 21. The summed E-state index contributed by atoms with van der Waals surface area (Å²) in [5.74, 6) is -1.92. The summed E-state index contributed by atoms with van der Waals surface area (Å²) in [5.41, 5.74) is 1.58.